The number of aromatic carboxylic acids is 1. The molecule has 0 aliphatic rings. The third-order valence-electron chi connectivity index (χ3n) is 2.51. The van der Waals surface area contributed by atoms with Crippen LogP contribution in [0.4, 0.5) is 5.82 Å². The molecule has 1 aromatic heterocycles. The van der Waals surface area contributed by atoms with Crippen LogP contribution in [0.25, 0.3) is 0 Å². The van der Waals surface area contributed by atoms with Crippen molar-refractivity contribution in [3.63, 3.8) is 0 Å². The third-order valence-corrected chi connectivity index (χ3v) is 2.51. The Labute approximate surface area is 105 Å². The van der Waals surface area contributed by atoms with Gasteiger partial charge in [-0.05, 0) is 18.1 Å². The standard InChI is InChI=1S/C13H13N3O2/c17-13(18)11-4-2-1-3-10(11)5-6-15-12-9-14-7-8-16-12/h1-4,7-9H,5-6H2,(H,15,16)(H,17,18). The van der Waals surface area contributed by atoms with Gasteiger partial charge >= 0.3 is 5.97 Å². The Hall–Kier alpha value is -2.43. The van der Waals surface area contributed by atoms with Crippen LogP contribution in [-0.2, 0) is 6.42 Å². The lowest BCUT2D eigenvalue weighted by Gasteiger charge is -2.07. The highest BCUT2D eigenvalue weighted by Crippen LogP contribution is 2.09. The second-order valence-electron chi connectivity index (χ2n) is 3.73. The summed E-state index contributed by atoms with van der Waals surface area (Å²) in [5.74, 6) is -0.213. The largest absolute Gasteiger partial charge is 0.478 e. The highest BCUT2D eigenvalue weighted by atomic mass is 16.4. The fourth-order valence-electron chi connectivity index (χ4n) is 1.66. The zero-order chi connectivity index (χ0) is 12.8. The van der Waals surface area contributed by atoms with Crippen LogP contribution in [0.5, 0.6) is 0 Å². The average molecular weight is 243 g/mol. The number of benzene rings is 1. The van der Waals surface area contributed by atoms with Crippen molar-refractivity contribution in [1.29, 1.82) is 0 Å². The van der Waals surface area contributed by atoms with Gasteiger partial charge in [-0.2, -0.15) is 0 Å². The molecule has 2 aromatic rings. The van der Waals surface area contributed by atoms with Gasteiger partial charge in [-0.1, -0.05) is 18.2 Å². The zero-order valence-corrected chi connectivity index (χ0v) is 9.71. The van der Waals surface area contributed by atoms with Crippen molar-refractivity contribution in [3.05, 3.63) is 54.0 Å². The van der Waals surface area contributed by atoms with E-state index in [0.717, 1.165) is 5.56 Å². The minimum atomic E-state index is -0.898. The van der Waals surface area contributed by atoms with Crippen LogP contribution in [0.2, 0.25) is 0 Å². The van der Waals surface area contributed by atoms with E-state index in [1.165, 1.54) is 0 Å². The smallest absolute Gasteiger partial charge is 0.335 e. The van der Waals surface area contributed by atoms with Gasteiger partial charge in [-0.25, -0.2) is 9.78 Å². The molecule has 18 heavy (non-hydrogen) atoms. The van der Waals surface area contributed by atoms with E-state index in [0.29, 0.717) is 24.3 Å². The summed E-state index contributed by atoms with van der Waals surface area (Å²) in [5, 5.41) is 12.1. The Bertz CT molecular complexity index is 529. The first kappa shape index (κ1) is 12.0. The quantitative estimate of drug-likeness (QED) is 0.838. The van der Waals surface area contributed by atoms with Crippen molar-refractivity contribution in [2.45, 2.75) is 6.42 Å². The van der Waals surface area contributed by atoms with Crippen LogP contribution in [0.15, 0.2) is 42.9 Å². The van der Waals surface area contributed by atoms with Crippen molar-refractivity contribution in [1.82, 2.24) is 9.97 Å². The van der Waals surface area contributed by atoms with E-state index in [9.17, 15) is 4.79 Å². The van der Waals surface area contributed by atoms with Crippen molar-refractivity contribution in [2.75, 3.05) is 11.9 Å². The maximum absolute atomic E-state index is 11.0. The molecular formula is C13H13N3O2. The predicted molar refractivity (Wildman–Crippen MR) is 67.6 cm³/mol. The van der Waals surface area contributed by atoms with Gasteiger partial charge in [0.25, 0.3) is 0 Å². The second kappa shape index (κ2) is 5.77. The molecule has 0 saturated heterocycles. The van der Waals surface area contributed by atoms with Crippen molar-refractivity contribution >= 4 is 11.8 Å². The van der Waals surface area contributed by atoms with Gasteiger partial charge in [0.2, 0.25) is 0 Å². The first-order chi connectivity index (χ1) is 8.77. The minimum Gasteiger partial charge on any atom is -0.478 e. The number of carboxylic acids is 1. The zero-order valence-electron chi connectivity index (χ0n) is 9.71. The molecule has 0 amide bonds. The average Bonchev–Trinajstić information content (AvgIpc) is 2.40. The summed E-state index contributed by atoms with van der Waals surface area (Å²) in [6.45, 7) is 0.614. The van der Waals surface area contributed by atoms with Crippen LogP contribution < -0.4 is 5.32 Å². The summed E-state index contributed by atoms with van der Waals surface area (Å²) in [7, 11) is 0. The van der Waals surface area contributed by atoms with E-state index in [2.05, 4.69) is 15.3 Å². The molecule has 0 radical (unpaired) electrons. The number of carbonyl (C=O) groups is 1. The molecule has 0 fully saturated rings. The molecule has 1 heterocycles. The molecule has 5 nitrogen and oxygen atoms in total. The minimum absolute atomic E-state index is 0.346. The summed E-state index contributed by atoms with van der Waals surface area (Å²) in [4.78, 5) is 19.0. The number of rotatable bonds is 5. The number of nitrogens with one attached hydrogen (secondary N) is 1. The number of carboxylic acid groups (broad SMARTS) is 1. The van der Waals surface area contributed by atoms with E-state index in [1.54, 1.807) is 30.7 Å². The Morgan fingerprint density at radius 3 is 2.83 bits per heavy atom. The molecule has 0 spiro atoms. The summed E-state index contributed by atoms with van der Waals surface area (Å²) in [6, 6.07) is 6.99. The molecule has 2 rings (SSSR count). The van der Waals surface area contributed by atoms with Gasteiger partial charge in [-0.3, -0.25) is 4.98 Å². The maximum Gasteiger partial charge on any atom is 0.335 e. The number of hydrogen-bond donors (Lipinski definition) is 2. The van der Waals surface area contributed by atoms with E-state index in [4.69, 9.17) is 5.11 Å². The van der Waals surface area contributed by atoms with Crippen molar-refractivity contribution < 1.29 is 9.90 Å². The lowest BCUT2D eigenvalue weighted by Crippen LogP contribution is -2.09. The Morgan fingerprint density at radius 2 is 2.11 bits per heavy atom. The molecule has 1 aromatic carbocycles. The normalized spacial score (nSPS) is 10.0. The number of aromatic nitrogens is 2. The first-order valence-electron chi connectivity index (χ1n) is 5.58. The van der Waals surface area contributed by atoms with Crippen LogP contribution >= 0.6 is 0 Å². The van der Waals surface area contributed by atoms with Crippen LogP contribution in [0.1, 0.15) is 15.9 Å². The number of hydrogen-bond acceptors (Lipinski definition) is 4. The Balaban J connectivity index is 1.97. The Kier molecular flexibility index (Phi) is 3.86. The van der Waals surface area contributed by atoms with Crippen LogP contribution in [-0.4, -0.2) is 27.6 Å². The summed E-state index contributed by atoms with van der Waals surface area (Å²) < 4.78 is 0. The van der Waals surface area contributed by atoms with Gasteiger partial charge in [0.15, 0.2) is 0 Å². The van der Waals surface area contributed by atoms with Crippen molar-refractivity contribution in [2.24, 2.45) is 0 Å². The molecular weight excluding hydrogens is 230 g/mol. The van der Waals surface area contributed by atoms with Gasteiger partial charge < -0.3 is 10.4 Å². The fourth-order valence-corrected chi connectivity index (χ4v) is 1.66. The molecule has 2 N–H and O–H groups in total. The monoisotopic (exact) mass is 243 g/mol. The van der Waals surface area contributed by atoms with Gasteiger partial charge in [-0.15, -0.1) is 0 Å². The van der Waals surface area contributed by atoms with Gasteiger partial charge in [0.1, 0.15) is 5.82 Å². The highest BCUT2D eigenvalue weighted by Gasteiger charge is 2.08. The molecule has 0 atom stereocenters. The fraction of sp³-hybridized carbons (Fsp3) is 0.154. The summed E-state index contributed by atoms with van der Waals surface area (Å²) in [5.41, 5.74) is 1.15. The van der Waals surface area contributed by atoms with Crippen LogP contribution in [0, 0.1) is 0 Å². The van der Waals surface area contributed by atoms with Crippen LogP contribution in [0.3, 0.4) is 0 Å². The molecule has 0 aliphatic carbocycles. The lowest BCUT2D eigenvalue weighted by atomic mass is 10.0. The molecule has 0 saturated carbocycles. The first-order valence-corrected chi connectivity index (χ1v) is 5.58. The summed E-state index contributed by atoms with van der Waals surface area (Å²) >= 11 is 0. The van der Waals surface area contributed by atoms with E-state index in [1.807, 2.05) is 12.1 Å². The topological polar surface area (TPSA) is 75.1 Å². The SMILES string of the molecule is O=C(O)c1ccccc1CCNc1cnccn1. The van der Waals surface area contributed by atoms with E-state index >= 15 is 0 Å². The van der Waals surface area contributed by atoms with Crippen molar-refractivity contribution in [3.8, 4) is 0 Å². The van der Waals surface area contributed by atoms with E-state index in [-0.39, 0.29) is 0 Å². The Morgan fingerprint density at radius 1 is 1.28 bits per heavy atom. The molecule has 0 aliphatic heterocycles. The number of nitrogens with zero attached hydrogens (tertiary/aromatic N) is 2. The predicted octanol–water partition coefficient (Wildman–Crippen LogP) is 1.83. The maximum atomic E-state index is 11.0. The second-order valence-corrected chi connectivity index (χ2v) is 3.73. The lowest BCUT2D eigenvalue weighted by molar-refractivity contribution is 0.0695. The number of anilines is 1. The van der Waals surface area contributed by atoms with Gasteiger partial charge in [0, 0.05) is 18.9 Å². The highest BCUT2D eigenvalue weighted by molar-refractivity contribution is 5.89. The molecule has 0 unspecified atom stereocenters. The van der Waals surface area contributed by atoms with Gasteiger partial charge in [0.05, 0.1) is 11.8 Å². The van der Waals surface area contributed by atoms with E-state index < -0.39 is 5.97 Å². The summed E-state index contributed by atoms with van der Waals surface area (Å²) in [6.07, 6.45) is 5.46. The third kappa shape index (κ3) is 3.04. The molecule has 92 valence electrons. The molecule has 0 bridgehead atoms. The molecule has 5 heteroatoms.